The first-order valence-electron chi connectivity index (χ1n) is 9.66. The first-order chi connectivity index (χ1) is 14.2. The van der Waals surface area contributed by atoms with Gasteiger partial charge in [-0.05, 0) is 18.2 Å². The van der Waals surface area contributed by atoms with Crippen LogP contribution in [-0.4, -0.2) is 53.4 Å². The van der Waals surface area contributed by atoms with Gasteiger partial charge in [0.25, 0.3) is 0 Å². The summed E-state index contributed by atoms with van der Waals surface area (Å²) in [5.41, 5.74) is 2.94. The maximum Gasteiger partial charge on any atom is 0.238 e. The van der Waals surface area contributed by atoms with Crippen molar-refractivity contribution in [2.75, 3.05) is 38.0 Å². The molecule has 2 heterocycles. The molecule has 0 atom stereocenters. The molecule has 0 bridgehead atoms. The van der Waals surface area contributed by atoms with Crippen LogP contribution in [0.5, 0.6) is 0 Å². The van der Waals surface area contributed by atoms with Gasteiger partial charge < -0.3 is 5.32 Å². The molecular formula is C22H23ClN4OS. The molecule has 150 valence electrons. The van der Waals surface area contributed by atoms with Crippen LogP contribution in [0.15, 0.2) is 60.0 Å². The van der Waals surface area contributed by atoms with Gasteiger partial charge in [-0.3, -0.25) is 14.6 Å². The lowest BCUT2D eigenvalue weighted by Gasteiger charge is -2.33. The van der Waals surface area contributed by atoms with E-state index in [0.29, 0.717) is 11.6 Å². The third-order valence-electron chi connectivity index (χ3n) is 4.92. The van der Waals surface area contributed by atoms with Gasteiger partial charge in [-0.25, -0.2) is 4.98 Å². The Morgan fingerprint density at radius 3 is 2.55 bits per heavy atom. The molecule has 0 aliphatic carbocycles. The molecule has 0 radical (unpaired) electrons. The number of aromatic nitrogens is 1. The van der Waals surface area contributed by atoms with Crippen molar-refractivity contribution in [3.63, 3.8) is 0 Å². The van der Waals surface area contributed by atoms with Gasteiger partial charge in [0.15, 0.2) is 0 Å². The van der Waals surface area contributed by atoms with Gasteiger partial charge in [0.2, 0.25) is 5.91 Å². The number of nitrogens with one attached hydrogen (secondary N) is 1. The summed E-state index contributed by atoms with van der Waals surface area (Å²) in [6.07, 6.45) is 0. The van der Waals surface area contributed by atoms with Gasteiger partial charge in [0.1, 0.15) is 5.01 Å². The number of hydrogen-bond acceptors (Lipinski definition) is 5. The Bertz CT molecular complexity index is 954. The summed E-state index contributed by atoms with van der Waals surface area (Å²) < 4.78 is 0. The molecule has 0 unspecified atom stereocenters. The first kappa shape index (κ1) is 20.0. The highest BCUT2D eigenvalue weighted by atomic mass is 35.5. The topological polar surface area (TPSA) is 48.5 Å². The zero-order valence-corrected chi connectivity index (χ0v) is 17.6. The Hall–Kier alpha value is -2.25. The summed E-state index contributed by atoms with van der Waals surface area (Å²) in [4.78, 5) is 21.7. The van der Waals surface area contributed by atoms with Crippen LogP contribution >= 0.6 is 22.9 Å². The second kappa shape index (κ2) is 9.50. The van der Waals surface area contributed by atoms with Gasteiger partial charge in [-0.2, -0.15) is 0 Å². The number of rotatable bonds is 6. The molecule has 29 heavy (non-hydrogen) atoms. The predicted octanol–water partition coefficient (Wildman–Crippen LogP) is 4.22. The molecule has 1 aromatic heterocycles. The van der Waals surface area contributed by atoms with E-state index < -0.39 is 0 Å². The number of halogens is 1. The SMILES string of the molecule is O=C(CN1CCN(Cc2nc(-c3ccccc3)cs2)CC1)Nc1cccc(Cl)c1. The number of piperazine rings is 1. The van der Waals surface area contributed by atoms with E-state index in [1.807, 2.05) is 30.3 Å². The Morgan fingerprint density at radius 1 is 1.03 bits per heavy atom. The smallest absolute Gasteiger partial charge is 0.238 e. The van der Waals surface area contributed by atoms with Crippen LogP contribution in [0.1, 0.15) is 5.01 Å². The highest BCUT2D eigenvalue weighted by molar-refractivity contribution is 7.09. The van der Waals surface area contributed by atoms with Gasteiger partial charge in [-0.15, -0.1) is 11.3 Å². The average Bonchev–Trinajstić information content (AvgIpc) is 3.19. The molecule has 0 spiro atoms. The van der Waals surface area contributed by atoms with E-state index in [2.05, 4.69) is 32.6 Å². The number of thiazole rings is 1. The number of benzene rings is 2. The summed E-state index contributed by atoms with van der Waals surface area (Å²) in [5, 5.41) is 6.79. The van der Waals surface area contributed by atoms with Crippen molar-refractivity contribution in [1.82, 2.24) is 14.8 Å². The number of nitrogens with zero attached hydrogens (tertiary/aromatic N) is 3. The van der Waals surface area contributed by atoms with Crippen molar-refractivity contribution in [1.29, 1.82) is 0 Å². The number of anilines is 1. The van der Waals surface area contributed by atoms with Crippen LogP contribution in [0.3, 0.4) is 0 Å². The van der Waals surface area contributed by atoms with Crippen LogP contribution in [0.2, 0.25) is 5.02 Å². The van der Waals surface area contributed by atoms with E-state index >= 15 is 0 Å². The molecule has 1 saturated heterocycles. The fraction of sp³-hybridized carbons (Fsp3) is 0.273. The van der Waals surface area contributed by atoms with Crippen molar-refractivity contribution in [3.8, 4) is 11.3 Å². The number of amides is 1. The van der Waals surface area contributed by atoms with Crippen molar-refractivity contribution in [2.45, 2.75) is 6.54 Å². The van der Waals surface area contributed by atoms with Crippen molar-refractivity contribution >= 4 is 34.5 Å². The molecule has 0 saturated carbocycles. The molecule has 1 aliphatic heterocycles. The molecular weight excluding hydrogens is 404 g/mol. The Balaban J connectivity index is 1.23. The van der Waals surface area contributed by atoms with E-state index in [-0.39, 0.29) is 5.91 Å². The fourth-order valence-corrected chi connectivity index (χ4v) is 4.43. The van der Waals surface area contributed by atoms with Gasteiger partial charge in [0.05, 0.1) is 18.8 Å². The van der Waals surface area contributed by atoms with E-state index in [1.54, 1.807) is 23.5 Å². The van der Waals surface area contributed by atoms with Crippen LogP contribution in [0.25, 0.3) is 11.3 Å². The molecule has 1 fully saturated rings. The molecule has 4 rings (SSSR count). The number of carbonyl (C=O) groups is 1. The summed E-state index contributed by atoms with van der Waals surface area (Å²) in [6, 6.07) is 17.5. The monoisotopic (exact) mass is 426 g/mol. The zero-order valence-electron chi connectivity index (χ0n) is 16.1. The lowest BCUT2D eigenvalue weighted by Crippen LogP contribution is -2.48. The number of carbonyl (C=O) groups excluding carboxylic acids is 1. The minimum absolute atomic E-state index is 0.00635. The lowest BCUT2D eigenvalue weighted by molar-refractivity contribution is -0.117. The van der Waals surface area contributed by atoms with Crippen molar-refractivity contribution in [3.05, 3.63) is 70.0 Å². The van der Waals surface area contributed by atoms with Crippen LogP contribution in [-0.2, 0) is 11.3 Å². The summed E-state index contributed by atoms with van der Waals surface area (Å²) in [6.45, 7) is 4.88. The van der Waals surface area contributed by atoms with Crippen LogP contribution in [0, 0.1) is 0 Å². The standard InChI is InChI=1S/C22H23ClN4OS/c23-18-7-4-8-19(13-18)24-21(28)14-26-9-11-27(12-10-26)15-22-25-20(16-29-22)17-5-2-1-3-6-17/h1-8,13,16H,9-12,14-15H2,(H,24,28). The summed E-state index contributed by atoms with van der Waals surface area (Å²) >= 11 is 7.68. The third kappa shape index (κ3) is 5.64. The minimum Gasteiger partial charge on any atom is -0.325 e. The predicted molar refractivity (Wildman–Crippen MR) is 119 cm³/mol. The molecule has 1 aliphatic rings. The van der Waals surface area contributed by atoms with Gasteiger partial charge in [-0.1, -0.05) is 48.0 Å². The Morgan fingerprint density at radius 2 is 1.79 bits per heavy atom. The molecule has 3 aromatic rings. The van der Waals surface area contributed by atoms with Crippen LogP contribution < -0.4 is 5.32 Å². The summed E-state index contributed by atoms with van der Waals surface area (Å²) in [7, 11) is 0. The fourth-order valence-electron chi connectivity index (χ4n) is 3.39. The van der Waals surface area contributed by atoms with Crippen molar-refractivity contribution < 1.29 is 4.79 Å². The normalized spacial score (nSPS) is 15.3. The van der Waals surface area contributed by atoms with E-state index in [4.69, 9.17) is 16.6 Å². The largest absolute Gasteiger partial charge is 0.325 e. The van der Waals surface area contributed by atoms with Gasteiger partial charge in [0, 0.05) is 47.8 Å². The molecule has 5 nitrogen and oxygen atoms in total. The first-order valence-corrected chi connectivity index (χ1v) is 10.9. The summed E-state index contributed by atoms with van der Waals surface area (Å²) in [5.74, 6) is -0.00635. The van der Waals surface area contributed by atoms with Crippen molar-refractivity contribution in [2.24, 2.45) is 0 Å². The second-order valence-corrected chi connectivity index (χ2v) is 8.48. The zero-order chi connectivity index (χ0) is 20.1. The maximum atomic E-state index is 12.3. The third-order valence-corrected chi connectivity index (χ3v) is 5.99. The lowest BCUT2D eigenvalue weighted by atomic mass is 10.2. The molecule has 2 aromatic carbocycles. The van der Waals surface area contributed by atoms with Crippen LogP contribution in [0.4, 0.5) is 5.69 Å². The second-order valence-electron chi connectivity index (χ2n) is 7.10. The average molecular weight is 427 g/mol. The highest BCUT2D eigenvalue weighted by Crippen LogP contribution is 2.22. The van der Waals surface area contributed by atoms with E-state index in [1.165, 1.54) is 0 Å². The Labute approximate surface area is 179 Å². The quantitative estimate of drug-likeness (QED) is 0.641. The highest BCUT2D eigenvalue weighted by Gasteiger charge is 2.20. The Kier molecular flexibility index (Phi) is 6.56. The maximum absolute atomic E-state index is 12.3. The molecule has 1 amide bonds. The minimum atomic E-state index is -0.00635. The van der Waals surface area contributed by atoms with Gasteiger partial charge >= 0.3 is 0 Å². The molecule has 7 heteroatoms. The molecule has 1 N–H and O–H groups in total. The van der Waals surface area contributed by atoms with E-state index in [9.17, 15) is 4.79 Å². The number of hydrogen-bond donors (Lipinski definition) is 1. The van der Waals surface area contributed by atoms with E-state index in [0.717, 1.165) is 54.7 Å².